The Labute approximate surface area is 101 Å². The highest BCUT2D eigenvalue weighted by Crippen LogP contribution is 2.07. The molecular formula is C11H17NO4Si. The van der Waals surface area contributed by atoms with E-state index in [1.54, 1.807) is 0 Å². The summed E-state index contributed by atoms with van der Waals surface area (Å²) >= 11 is 0. The molecule has 0 aromatic heterocycles. The number of carbonyl (C=O) groups excluding carboxylic acids is 1. The summed E-state index contributed by atoms with van der Waals surface area (Å²) in [5, 5.41) is 0. The van der Waals surface area contributed by atoms with Crippen molar-refractivity contribution in [1.29, 1.82) is 0 Å². The standard InChI is InChI=1S/C11H17NO4Si/c12-9-17(14,15)7-6-11(13)16-8-10-4-2-1-3-5-10/h1-5,14-15H,6-9,12H2. The summed E-state index contributed by atoms with van der Waals surface area (Å²) in [7, 11) is -3.37. The zero-order chi connectivity index (χ0) is 12.7. The van der Waals surface area contributed by atoms with Gasteiger partial charge in [-0.15, -0.1) is 0 Å². The van der Waals surface area contributed by atoms with Crippen LogP contribution < -0.4 is 5.73 Å². The van der Waals surface area contributed by atoms with Gasteiger partial charge in [-0.05, 0) is 5.56 Å². The number of hydrogen-bond acceptors (Lipinski definition) is 5. The molecule has 1 aromatic carbocycles. The van der Waals surface area contributed by atoms with Crippen LogP contribution in [0, 0.1) is 0 Å². The molecule has 0 radical (unpaired) electrons. The monoisotopic (exact) mass is 255 g/mol. The minimum Gasteiger partial charge on any atom is -0.461 e. The maximum absolute atomic E-state index is 11.3. The molecule has 0 bridgehead atoms. The van der Waals surface area contributed by atoms with Gasteiger partial charge in [0.15, 0.2) is 0 Å². The van der Waals surface area contributed by atoms with E-state index in [0.29, 0.717) is 0 Å². The van der Waals surface area contributed by atoms with E-state index in [1.807, 2.05) is 30.3 Å². The van der Waals surface area contributed by atoms with Crippen LogP contribution in [0.3, 0.4) is 0 Å². The summed E-state index contributed by atoms with van der Waals surface area (Å²) in [5.41, 5.74) is 6.07. The number of carbonyl (C=O) groups is 1. The fraction of sp³-hybridized carbons (Fsp3) is 0.364. The molecule has 17 heavy (non-hydrogen) atoms. The lowest BCUT2D eigenvalue weighted by atomic mass is 10.2. The Morgan fingerprint density at radius 3 is 2.53 bits per heavy atom. The van der Waals surface area contributed by atoms with Crippen LogP contribution in [-0.2, 0) is 16.1 Å². The van der Waals surface area contributed by atoms with Crippen molar-refractivity contribution >= 4 is 14.5 Å². The van der Waals surface area contributed by atoms with Gasteiger partial charge in [0.25, 0.3) is 0 Å². The molecule has 0 amide bonds. The average Bonchev–Trinajstić information content (AvgIpc) is 2.35. The second-order valence-corrected chi connectivity index (χ2v) is 6.71. The first-order valence-corrected chi connectivity index (χ1v) is 7.69. The fourth-order valence-corrected chi connectivity index (χ4v) is 2.02. The molecule has 4 N–H and O–H groups in total. The van der Waals surface area contributed by atoms with Gasteiger partial charge in [-0.25, -0.2) is 0 Å². The van der Waals surface area contributed by atoms with Crippen LogP contribution in [-0.4, -0.2) is 30.3 Å². The van der Waals surface area contributed by atoms with Crippen LogP contribution in [0.25, 0.3) is 0 Å². The first kappa shape index (κ1) is 13.9. The average molecular weight is 255 g/mol. The number of nitrogens with two attached hydrogens (primary N) is 1. The van der Waals surface area contributed by atoms with Crippen LogP contribution in [0.1, 0.15) is 12.0 Å². The van der Waals surface area contributed by atoms with E-state index in [-0.39, 0.29) is 25.2 Å². The van der Waals surface area contributed by atoms with Gasteiger partial charge in [-0.1, -0.05) is 30.3 Å². The lowest BCUT2D eigenvalue weighted by Gasteiger charge is -2.14. The highest BCUT2D eigenvalue weighted by Gasteiger charge is 2.27. The molecule has 0 saturated heterocycles. The molecule has 0 fully saturated rings. The molecule has 0 aliphatic carbocycles. The summed E-state index contributed by atoms with van der Waals surface area (Å²) in [6, 6.07) is 9.31. The Kier molecular flexibility index (Phi) is 5.30. The number of rotatable bonds is 6. The summed E-state index contributed by atoms with van der Waals surface area (Å²) in [6.45, 7) is 0.202. The second kappa shape index (κ2) is 6.50. The van der Waals surface area contributed by atoms with Gasteiger partial charge >= 0.3 is 14.5 Å². The van der Waals surface area contributed by atoms with E-state index in [1.165, 1.54) is 0 Å². The Bertz CT molecular complexity index is 356. The second-order valence-electron chi connectivity index (χ2n) is 3.83. The van der Waals surface area contributed by atoms with Crippen molar-refractivity contribution in [3.05, 3.63) is 35.9 Å². The zero-order valence-corrected chi connectivity index (χ0v) is 10.5. The largest absolute Gasteiger partial charge is 0.461 e. The van der Waals surface area contributed by atoms with Crippen LogP contribution in [0.2, 0.25) is 6.04 Å². The Hall–Kier alpha value is -1.21. The van der Waals surface area contributed by atoms with Gasteiger partial charge in [0.1, 0.15) is 6.61 Å². The van der Waals surface area contributed by atoms with E-state index in [2.05, 4.69) is 0 Å². The first-order chi connectivity index (χ1) is 8.03. The number of ether oxygens (including phenoxy) is 1. The van der Waals surface area contributed by atoms with Crippen molar-refractivity contribution in [3.8, 4) is 0 Å². The highest BCUT2D eigenvalue weighted by atomic mass is 28.4. The molecule has 0 heterocycles. The molecule has 0 saturated carbocycles. The Morgan fingerprint density at radius 2 is 1.94 bits per heavy atom. The molecule has 0 spiro atoms. The van der Waals surface area contributed by atoms with Crippen molar-refractivity contribution in [2.24, 2.45) is 5.73 Å². The lowest BCUT2D eigenvalue weighted by Crippen LogP contribution is -2.44. The van der Waals surface area contributed by atoms with Gasteiger partial charge < -0.3 is 20.1 Å². The predicted octanol–water partition coefficient (Wildman–Crippen LogP) is 0.0446. The molecular weight excluding hydrogens is 238 g/mol. The van der Waals surface area contributed by atoms with E-state index < -0.39 is 14.5 Å². The maximum Gasteiger partial charge on any atom is 0.347 e. The molecule has 0 aliphatic rings. The Balaban J connectivity index is 2.27. The van der Waals surface area contributed by atoms with Crippen molar-refractivity contribution in [2.45, 2.75) is 19.1 Å². The van der Waals surface area contributed by atoms with Gasteiger partial charge in [0, 0.05) is 18.6 Å². The third-order valence-electron chi connectivity index (χ3n) is 2.30. The van der Waals surface area contributed by atoms with Gasteiger partial charge in [0.05, 0.1) is 0 Å². The van der Waals surface area contributed by atoms with E-state index in [9.17, 15) is 14.4 Å². The van der Waals surface area contributed by atoms with Gasteiger partial charge in [-0.2, -0.15) is 0 Å². The summed E-state index contributed by atoms with van der Waals surface area (Å²) in [5.74, 6) is -0.442. The fourth-order valence-electron chi connectivity index (χ4n) is 1.21. The molecule has 0 unspecified atom stereocenters. The molecule has 1 rings (SSSR count). The van der Waals surface area contributed by atoms with Crippen molar-refractivity contribution < 1.29 is 19.1 Å². The first-order valence-electron chi connectivity index (χ1n) is 5.38. The van der Waals surface area contributed by atoms with Crippen molar-refractivity contribution in [2.75, 3.05) is 6.17 Å². The molecule has 0 atom stereocenters. The zero-order valence-electron chi connectivity index (χ0n) is 9.50. The van der Waals surface area contributed by atoms with E-state index in [4.69, 9.17) is 10.5 Å². The molecule has 6 heteroatoms. The van der Waals surface area contributed by atoms with Crippen LogP contribution in [0.5, 0.6) is 0 Å². The molecule has 94 valence electrons. The topological polar surface area (TPSA) is 92.8 Å². The maximum atomic E-state index is 11.3. The highest BCUT2D eigenvalue weighted by molar-refractivity contribution is 6.65. The number of hydrogen-bond donors (Lipinski definition) is 3. The molecule has 0 aliphatic heterocycles. The summed E-state index contributed by atoms with van der Waals surface area (Å²) < 4.78 is 4.99. The SMILES string of the molecule is NC[Si](O)(O)CCC(=O)OCc1ccccc1. The predicted molar refractivity (Wildman–Crippen MR) is 64.9 cm³/mol. The molecule has 1 aromatic rings. The molecule has 5 nitrogen and oxygen atoms in total. The third-order valence-corrected chi connectivity index (χ3v) is 4.00. The van der Waals surface area contributed by atoms with Crippen LogP contribution in [0.15, 0.2) is 30.3 Å². The quantitative estimate of drug-likeness (QED) is 0.493. The lowest BCUT2D eigenvalue weighted by molar-refractivity contribution is -0.144. The minimum absolute atomic E-state index is 0.0107. The summed E-state index contributed by atoms with van der Waals surface area (Å²) in [6.07, 6.45) is -0.178. The third kappa shape index (κ3) is 5.60. The number of esters is 1. The minimum atomic E-state index is -3.37. The number of benzene rings is 1. The van der Waals surface area contributed by atoms with Crippen LogP contribution in [0.4, 0.5) is 0 Å². The van der Waals surface area contributed by atoms with Crippen molar-refractivity contribution in [1.82, 2.24) is 0 Å². The van der Waals surface area contributed by atoms with Crippen molar-refractivity contribution in [3.63, 3.8) is 0 Å². The Morgan fingerprint density at radius 1 is 1.29 bits per heavy atom. The van der Waals surface area contributed by atoms with Gasteiger partial charge in [0.2, 0.25) is 0 Å². The van der Waals surface area contributed by atoms with Crippen LogP contribution >= 0.6 is 0 Å². The summed E-state index contributed by atoms with van der Waals surface area (Å²) in [4.78, 5) is 30.0. The van der Waals surface area contributed by atoms with Gasteiger partial charge in [-0.3, -0.25) is 4.79 Å². The van der Waals surface area contributed by atoms with E-state index >= 15 is 0 Å². The van der Waals surface area contributed by atoms with E-state index in [0.717, 1.165) is 5.56 Å². The smallest absolute Gasteiger partial charge is 0.347 e. The normalized spacial score (nSPS) is 11.2.